The van der Waals surface area contributed by atoms with Crippen LogP contribution in [0, 0.1) is 20.8 Å². The van der Waals surface area contributed by atoms with Gasteiger partial charge in [-0.15, -0.1) is 0 Å². The van der Waals surface area contributed by atoms with Gasteiger partial charge in [-0.05, 0) is 46.2 Å². The fourth-order valence-corrected chi connectivity index (χ4v) is 2.95. The minimum atomic E-state index is -0.0628. The Labute approximate surface area is 146 Å². The molecule has 3 aromatic rings. The fourth-order valence-electron chi connectivity index (χ4n) is 2.95. The van der Waals surface area contributed by atoms with E-state index in [2.05, 4.69) is 17.1 Å². The summed E-state index contributed by atoms with van der Waals surface area (Å²) in [6.07, 6.45) is 0.881. The number of aryl methyl sites for hydroxylation is 3. The zero-order valence-corrected chi connectivity index (χ0v) is 15.5. The third-order valence-corrected chi connectivity index (χ3v) is 4.74. The number of amides is 1. The molecule has 1 unspecified atom stereocenters. The van der Waals surface area contributed by atoms with E-state index in [1.807, 2.05) is 46.9 Å². The lowest BCUT2D eigenvalue weighted by atomic mass is 10.0. The van der Waals surface area contributed by atoms with Gasteiger partial charge in [0.05, 0.1) is 22.3 Å². The summed E-state index contributed by atoms with van der Waals surface area (Å²) in [4.78, 5) is 19.4. The van der Waals surface area contributed by atoms with E-state index < -0.39 is 0 Å². The van der Waals surface area contributed by atoms with Crippen molar-refractivity contribution in [1.29, 1.82) is 0 Å². The van der Waals surface area contributed by atoms with Crippen molar-refractivity contribution in [2.24, 2.45) is 0 Å². The molecule has 3 heterocycles. The highest BCUT2D eigenvalue weighted by molar-refractivity contribution is 6.07. The van der Waals surface area contributed by atoms with Crippen LogP contribution >= 0.6 is 0 Å². The molecule has 6 heteroatoms. The predicted molar refractivity (Wildman–Crippen MR) is 95.6 cm³/mol. The molecule has 1 amide bonds. The monoisotopic (exact) mass is 341 g/mol. The zero-order chi connectivity index (χ0) is 18.3. The van der Waals surface area contributed by atoms with Gasteiger partial charge >= 0.3 is 0 Å². The molecule has 25 heavy (non-hydrogen) atoms. The van der Waals surface area contributed by atoms with Gasteiger partial charge in [0.25, 0.3) is 11.6 Å². The summed E-state index contributed by atoms with van der Waals surface area (Å²) in [5.74, 6) is 1.49. The Morgan fingerprint density at radius 1 is 1.28 bits per heavy atom. The van der Waals surface area contributed by atoms with Crippen molar-refractivity contribution in [3.8, 4) is 11.3 Å². The second-order valence-electron chi connectivity index (χ2n) is 6.50. The third-order valence-electron chi connectivity index (χ3n) is 4.74. The Bertz CT molecular complexity index is 939. The van der Waals surface area contributed by atoms with Crippen molar-refractivity contribution in [3.05, 3.63) is 34.9 Å². The quantitative estimate of drug-likeness (QED) is 0.708. The van der Waals surface area contributed by atoms with Gasteiger partial charge in [-0.1, -0.05) is 12.1 Å². The van der Waals surface area contributed by atoms with E-state index in [4.69, 9.17) is 8.94 Å². The number of nitrogens with zero attached hydrogens (tertiary/aromatic N) is 3. The number of carbonyl (C=O) groups is 1. The van der Waals surface area contributed by atoms with Gasteiger partial charge in [0.1, 0.15) is 11.5 Å². The molecule has 0 aliphatic heterocycles. The van der Waals surface area contributed by atoms with Gasteiger partial charge in [0.2, 0.25) is 0 Å². The Kier molecular flexibility index (Phi) is 4.37. The molecule has 0 spiro atoms. The van der Waals surface area contributed by atoms with E-state index in [1.54, 1.807) is 4.90 Å². The number of rotatable bonds is 4. The van der Waals surface area contributed by atoms with Crippen LogP contribution in [-0.2, 0) is 0 Å². The predicted octanol–water partition coefficient (Wildman–Crippen LogP) is 4.28. The van der Waals surface area contributed by atoms with E-state index in [1.165, 1.54) is 0 Å². The number of fused-ring (bicyclic) bond motifs is 1. The molecule has 0 saturated heterocycles. The van der Waals surface area contributed by atoms with Gasteiger partial charge in [-0.3, -0.25) is 4.79 Å². The van der Waals surface area contributed by atoms with Gasteiger partial charge in [0.15, 0.2) is 0 Å². The SMILES string of the molecule is CCC(C)N(C)C(=O)c1cc(-c2cc(C)oc2C)nc2onc(C)c12. The smallest absolute Gasteiger partial charge is 0.259 e. The summed E-state index contributed by atoms with van der Waals surface area (Å²) in [5, 5.41) is 4.66. The van der Waals surface area contributed by atoms with Crippen LogP contribution in [0.1, 0.15) is 47.8 Å². The van der Waals surface area contributed by atoms with Gasteiger partial charge in [-0.25, -0.2) is 4.98 Å². The molecular weight excluding hydrogens is 318 g/mol. The summed E-state index contributed by atoms with van der Waals surface area (Å²) in [7, 11) is 1.82. The van der Waals surface area contributed by atoms with Crippen molar-refractivity contribution in [3.63, 3.8) is 0 Å². The van der Waals surface area contributed by atoms with Crippen LogP contribution in [0.2, 0.25) is 0 Å². The number of carbonyl (C=O) groups excluding carboxylic acids is 1. The van der Waals surface area contributed by atoms with Crippen molar-refractivity contribution in [2.75, 3.05) is 7.05 Å². The van der Waals surface area contributed by atoms with Gasteiger partial charge in [0, 0.05) is 18.7 Å². The van der Waals surface area contributed by atoms with Crippen LogP contribution in [0.25, 0.3) is 22.4 Å². The molecule has 0 aliphatic rings. The van der Waals surface area contributed by atoms with E-state index >= 15 is 0 Å². The maximum Gasteiger partial charge on any atom is 0.259 e. The number of aromatic nitrogens is 2. The molecule has 0 aromatic carbocycles. The number of hydrogen-bond donors (Lipinski definition) is 0. The molecule has 1 atom stereocenters. The van der Waals surface area contributed by atoms with Crippen LogP contribution in [0.5, 0.6) is 0 Å². The minimum absolute atomic E-state index is 0.0628. The number of pyridine rings is 1. The summed E-state index contributed by atoms with van der Waals surface area (Å²) in [6, 6.07) is 3.86. The highest BCUT2D eigenvalue weighted by Gasteiger charge is 2.24. The molecule has 3 aromatic heterocycles. The summed E-state index contributed by atoms with van der Waals surface area (Å²) in [5.41, 5.74) is 3.09. The standard InChI is InChI=1S/C19H23N3O3/c1-7-10(2)22(6)19(23)15-9-16(14-8-11(3)24-13(14)5)20-18-17(15)12(4)21-25-18/h8-10H,7H2,1-6H3. The first-order valence-corrected chi connectivity index (χ1v) is 8.45. The second kappa shape index (κ2) is 6.35. The maximum atomic E-state index is 13.1. The molecule has 0 radical (unpaired) electrons. The third kappa shape index (κ3) is 2.92. The molecule has 0 N–H and O–H groups in total. The van der Waals surface area contributed by atoms with Crippen LogP contribution in [0.15, 0.2) is 21.1 Å². The van der Waals surface area contributed by atoms with Crippen molar-refractivity contribution in [1.82, 2.24) is 15.0 Å². The van der Waals surface area contributed by atoms with Crippen molar-refractivity contribution in [2.45, 2.75) is 47.1 Å². The topological polar surface area (TPSA) is 72.4 Å². The Hall–Kier alpha value is -2.63. The van der Waals surface area contributed by atoms with E-state index in [0.29, 0.717) is 28.1 Å². The normalized spacial score (nSPS) is 12.6. The summed E-state index contributed by atoms with van der Waals surface area (Å²) in [6.45, 7) is 9.68. The van der Waals surface area contributed by atoms with E-state index in [9.17, 15) is 4.79 Å². The lowest BCUT2D eigenvalue weighted by Gasteiger charge is -2.24. The van der Waals surface area contributed by atoms with Crippen LogP contribution in [0.4, 0.5) is 0 Å². The van der Waals surface area contributed by atoms with Crippen LogP contribution < -0.4 is 0 Å². The van der Waals surface area contributed by atoms with E-state index in [-0.39, 0.29) is 11.9 Å². The number of hydrogen-bond acceptors (Lipinski definition) is 5. The number of furan rings is 1. The maximum absolute atomic E-state index is 13.1. The molecule has 0 aliphatic carbocycles. The Morgan fingerprint density at radius 3 is 2.60 bits per heavy atom. The Balaban J connectivity index is 2.21. The highest BCUT2D eigenvalue weighted by Crippen LogP contribution is 2.31. The molecule has 6 nitrogen and oxygen atoms in total. The molecule has 0 fully saturated rings. The van der Waals surface area contributed by atoms with Crippen molar-refractivity contribution >= 4 is 17.0 Å². The average Bonchev–Trinajstić information content (AvgIpc) is 3.14. The zero-order valence-electron chi connectivity index (χ0n) is 15.5. The Morgan fingerprint density at radius 2 is 2.00 bits per heavy atom. The average molecular weight is 341 g/mol. The molecule has 132 valence electrons. The molecule has 3 rings (SSSR count). The first-order valence-electron chi connectivity index (χ1n) is 8.45. The van der Waals surface area contributed by atoms with E-state index in [0.717, 1.165) is 23.5 Å². The molecule has 0 bridgehead atoms. The van der Waals surface area contributed by atoms with Gasteiger partial charge < -0.3 is 13.8 Å². The minimum Gasteiger partial charge on any atom is -0.466 e. The van der Waals surface area contributed by atoms with Gasteiger partial charge in [-0.2, -0.15) is 0 Å². The lowest BCUT2D eigenvalue weighted by Crippen LogP contribution is -2.34. The molecular formula is C19H23N3O3. The fraction of sp³-hybridized carbons (Fsp3) is 0.421. The van der Waals surface area contributed by atoms with Crippen molar-refractivity contribution < 1.29 is 13.7 Å². The molecule has 0 saturated carbocycles. The highest BCUT2D eigenvalue weighted by atomic mass is 16.5. The largest absolute Gasteiger partial charge is 0.466 e. The lowest BCUT2D eigenvalue weighted by molar-refractivity contribution is 0.0742. The first kappa shape index (κ1) is 17.2. The summed E-state index contributed by atoms with van der Waals surface area (Å²) < 4.78 is 11.0. The summed E-state index contributed by atoms with van der Waals surface area (Å²) >= 11 is 0. The second-order valence-corrected chi connectivity index (χ2v) is 6.50. The first-order chi connectivity index (χ1) is 11.8. The van der Waals surface area contributed by atoms with Crippen LogP contribution in [0.3, 0.4) is 0 Å². The van der Waals surface area contributed by atoms with Crippen LogP contribution in [-0.4, -0.2) is 34.0 Å².